The summed E-state index contributed by atoms with van der Waals surface area (Å²) in [6.07, 6.45) is 2.10. The van der Waals surface area contributed by atoms with Crippen LogP contribution in [-0.4, -0.2) is 38.9 Å². The molecule has 1 unspecified atom stereocenters. The molecule has 2 aromatic rings. The number of carbonyl (C=O) groups excluding carboxylic acids is 1. The summed E-state index contributed by atoms with van der Waals surface area (Å²) >= 11 is 0. The second-order valence-electron chi connectivity index (χ2n) is 7.40. The summed E-state index contributed by atoms with van der Waals surface area (Å²) in [5.41, 5.74) is 4.03. The van der Waals surface area contributed by atoms with Gasteiger partial charge in [0.15, 0.2) is 0 Å². The van der Waals surface area contributed by atoms with E-state index in [1.54, 1.807) is 0 Å². The lowest BCUT2D eigenvalue weighted by Gasteiger charge is -2.26. The number of sulfone groups is 1. The van der Waals surface area contributed by atoms with Gasteiger partial charge in [0.1, 0.15) is 9.84 Å². The van der Waals surface area contributed by atoms with Crippen LogP contribution in [0.3, 0.4) is 0 Å². The maximum Gasteiger partial charge on any atom is 0.251 e. The Kier molecular flexibility index (Phi) is 7.63. The minimum absolute atomic E-state index is 0. The van der Waals surface area contributed by atoms with Gasteiger partial charge in [0.2, 0.25) is 0 Å². The van der Waals surface area contributed by atoms with Crippen molar-refractivity contribution >= 4 is 28.2 Å². The van der Waals surface area contributed by atoms with Crippen molar-refractivity contribution in [3.05, 3.63) is 70.8 Å². The molecule has 1 aliphatic rings. The number of nitrogens with one attached hydrogen (secondary N) is 2. The Hall–Kier alpha value is -1.89. The van der Waals surface area contributed by atoms with E-state index in [-0.39, 0.29) is 36.0 Å². The lowest BCUT2D eigenvalue weighted by atomic mass is 9.95. The molecule has 0 spiro atoms. The third-order valence-corrected chi connectivity index (χ3v) is 5.99. The molecular formula is C21H27ClN2O3S. The third-order valence-electron chi connectivity index (χ3n) is 4.88. The molecule has 2 atom stereocenters. The second kappa shape index (κ2) is 9.54. The van der Waals surface area contributed by atoms with E-state index in [2.05, 4.69) is 10.6 Å². The summed E-state index contributed by atoms with van der Waals surface area (Å²) in [7, 11) is -2.98. The minimum Gasteiger partial charge on any atom is -0.348 e. The molecule has 1 aliphatic heterocycles. The van der Waals surface area contributed by atoms with Gasteiger partial charge in [-0.3, -0.25) is 4.79 Å². The second-order valence-corrected chi connectivity index (χ2v) is 9.58. The standard InChI is InChI=1S/C21H26N2O3S.ClH/c1-15(14-27(2,25)26)17-9-7-16(8-10-17)12-22-13-19-11-18-5-3-4-6-20(18)21(24)23-19;/h3-10,15,19,22H,11-14H2,1-2H3,(H,23,24);1H/t15-,19?;/m0./s1. The van der Waals surface area contributed by atoms with Gasteiger partial charge in [-0.05, 0) is 35.1 Å². The fraction of sp³-hybridized carbons (Fsp3) is 0.381. The highest BCUT2D eigenvalue weighted by molar-refractivity contribution is 7.90. The molecule has 0 aliphatic carbocycles. The van der Waals surface area contributed by atoms with E-state index in [1.165, 1.54) is 6.26 Å². The first-order valence-electron chi connectivity index (χ1n) is 9.18. The van der Waals surface area contributed by atoms with Gasteiger partial charge in [-0.2, -0.15) is 0 Å². The lowest BCUT2D eigenvalue weighted by molar-refractivity contribution is 0.0924. The van der Waals surface area contributed by atoms with Crippen molar-refractivity contribution in [3.8, 4) is 0 Å². The first-order chi connectivity index (χ1) is 12.8. The van der Waals surface area contributed by atoms with E-state index in [0.29, 0.717) is 13.1 Å². The fourth-order valence-electron chi connectivity index (χ4n) is 3.53. The zero-order valence-electron chi connectivity index (χ0n) is 16.1. The van der Waals surface area contributed by atoms with Crippen LogP contribution in [0.25, 0.3) is 0 Å². The minimum atomic E-state index is -2.98. The Morgan fingerprint density at radius 3 is 2.50 bits per heavy atom. The maximum absolute atomic E-state index is 12.1. The number of benzene rings is 2. The molecule has 5 nitrogen and oxygen atoms in total. The molecule has 152 valence electrons. The lowest BCUT2D eigenvalue weighted by Crippen LogP contribution is -2.46. The molecule has 0 aromatic heterocycles. The predicted octanol–water partition coefficient (Wildman–Crippen LogP) is 2.70. The molecular weight excluding hydrogens is 396 g/mol. The van der Waals surface area contributed by atoms with E-state index in [1.807, 2.05) is 55.5 Å². The Balaban J connectivity index is 0.00000280. The summed E-state index contributed by atoms with van der Waals surface area (Å²) in [6, 6.07) is 15.8. The molecule has 0 saturated carbocycles. The van der Waals surface area contributed by atoms with Gasteiger partial charge in [0.05, 0.1) is 5.75 Å². The topological polar surface area (TPSA) is 75.3 Å². The normalized spacial score (nSPS) is 17.2. The van der Waals surface area contributed by atoms with Crippen LogP contribution in [0.2, 0.25) is 0 Å². The summed E-state index contributed by atoms with van der Waals surface area (Å²) in [5, 5.41) is 6.45. The largest absolute Gasteiger partial charge is 0.348 e. The van der Waals surface area contributed by atoms with Crippen molar-refractivity contribution in [2.75, 3.05) is 18.6 Å². The number of fused-ring (bicyclic) bond motifs is 1. The van der Waals surface area contributed by atoms with E-state index >= 15 is 0 Å². The van der Waals surface area contributed by atoms with Crippen molar-refractivity contribution in [2.45, 2.75) is 31.8 Å². The number of halogens is 1. The number of amides is 1. The molecule has 1 amide bonds. The highest BCUT2D eigenvalue weighted by Gasteiger charge is 2.23. The number of carbonyl (C=O) groups is 1. The summed E-state index contributed by atoms with van der Waals surface area (Å²) in [4.78, 5) is 12.1. The Morgan fingerprint density at radius 2 is 1.82 bits per heavy atom. The van der Waals surface area contributed by atoms with Gasteiger partial charge in [-0.1, -0.05) is 49.4 Å². The quantitative estimate of drug-likeness (QED) is 0.719. The first kappa shape index (κ1) is 22.4. The van der Waals surface area contributed by atoms with Crippen molar-refractivity contribution in [3.63, 3.8) is 0 Å². The zero-order valence-corrected chi connectivity index (χ0v) is 17.8. The van der Waals surface area contributed by atoms with Crippen molar-refractivity contribution in [1.82, 2.24) is 10.6 Å². The molecule has 0 bridgehead atoms. The van der Waals surface area contributed by atoms with Crippen LogP contribution in [0.15, 0.2) is 48.5 Å². The van der Waals surface area contributed by atoms with E-state index in [0.717, 1.165) is 28.7 Å². The zero-order chi connectivity index (χ0) is 19.4. The third kappa shape index (κ3) is 6.06. The molecule has 0 radical (unpaired) electrons. The summed E-state index contributed by atoms with van der Waals surface area (Å²) in [5.74, 6) is 0.139. The Bertz CT molecular complexity index is 914. The van der Waals surface area contributed by atoms with Crippen LogP contribution < -0.4 is 10.6 Å². The van der Waals surface area contributed by atoms with Gasteiger partial charge in [0, 0.05) is 31.0 Å². The van der Waals surface area contributed by atoms with E-state index in [4.69, 9.17) is 0 Å². The van der Waals surface area contributed by atoms with Crippen LogP contribution in [0.4, 0.5) is 0 Å². The van der Waals surface area contributed by atoms with Gasteiger partial charge in [-0.25, -0.2) is 8.42 Å². The molecule has 1 heterocycles. The van der Waals surface area contributed by atoms with Gasteiger partial charge < -0.3 is 10.6 Å². The molecule has 28 heavy (non-hydrogen) atoms. The van der Waals surface area contributed by atoms with Crippen molar-refractivity contribution < 1.29 is 13.2 Å². The van der Waals surface area contributed by atoms with Crippen LogP contribution >= 0.6 is 12.4 Å². The average molecular weight is 423 g/mol. The van der Waals surface area contributed by atoms with Gasteiger partial charge in [0.25, 0.3) is 5.91 Å². The molecule has 0 saturated heterocycles. The highest BCUT2D eigenvalue weighted by Crippen LogP contribution is 2.18. The number of hydrogen-bond donors (Lipinski definition) is 2. The average Bonchev–Trinajstić information content (AvgIpc) is 2.61. The SMILES string of the molecule is C[C@@H](CS(C)(=O)=O)c1ccc(CNCC2Cc3ccccc3C(=O)N2)cc1.Cl. The molecule has 2 aromatic carbocycles. The van der Waals surface area contributed by atoms with Crippen molar-refractivity contribution in [2.24, 2.45) is 0 Å². The van der Waals surface area contributed by atoms with E-state index < -0.39 is 9.84 Å². The first-order valence-corrected chi connectivity index (χ1v) is 11.2. The maximum atomic E-state index is 12.1. The van der Waals surface area contributed by atoms with Crippen molar-refractivity contribution in [1.29, 1.82) is 0 Å². The smallest absolute Gasteiger partial charge is 0.251 e. The van der Waals surface area contributed by atoms with Crippen LogP contribution in [-0.2, 0) is 22.8 Å². The van der Waals surface area contributed by atoms with Gasteiger partial charge in [-0.15, -0.1) is 12.4 Å². The molecule has 3 rings (SSSR count). The summed E-state index contributed by atoms with van der Waals surface area (Å²) in [6.45, 7) is 3.33. The Morgan fingerprint density at radius 1 is 1.14 bits per heavy atom. The molecule has 7 heteroatoms. The fourth-order valence-corrected chi connectivity index (χ4v) is 4.63. The van der Waals surface area contributed by atoms with E-state index in [9.17, 15) is 13.2 Å². The van der Waals surface area contributed by atoms with Gasteiger partial charge >= 0.3 is 0 Å². The number of hydrogen-bond acceptors (Lipinski definition) is 4. The number of rotatable bonds is 7. The van der Waals surface area contributed by atoms with Crippen LogP contribution in [0.5, 0.6) is 0 Å². The summed E-state index contributed by atoms with van der Waals surface area (Å²) < 4.78 is 22.9. The predicted molar refractivity (Wildman–Crippen MR) is 115 cm³/mol. The highest BCUT2D eigenvalue weighted by atomic mass is 35.5. The van der Waals surface area contributed by atoms with Crippen LogP contribution in [0, 0.1) is 0 Å². The van der Waals surface area contributed by atoms with Crippen LogP contribution in [0.1, 0.15) is 39.9 Å². The monoisotopic (exact) mass is 422 g/mol. The molecule has 2 N–H and O–H groups in total. The molecule has 0 fully saturated rings. The Labute approximate surface area is 173 Å².